The lowest BCUT2D eigenvalue weighted by atomic mass is 10.0. The van der Waals surface area contributed by atoms with Gasteiger partial charge in [0.05, 0.1) is 6.10 Å². The van der Waals surface area contributed by atoms with E-state index in [4.69, 9.17) is 4.74 Å². The molecule has 0 unspecified atom stereocenters. The molecule has 1 saturated carbocycles. The van der Waals surface area contributed by atoms with E-state index in [2.05, 4.69) is 24.3 Å². The van der Waals surface area contributed by atoms with Gasteiger partial charge in [-0.05, 0) is 37.7 Å². The summed E-state index contributed by atoms with van der Waals surface area (Å²) in [6.07, 6.45) is 5.65. The fourth-order valence-electron chi connectivity index (χ4n) is 3.26. The molecule has 1 saturated heterocycles. The van der Waals surface area contributed by atoms with Crippen LogP contribution in [0.2, 0.25) is 0 Å². The van der Waals surface area contributed by atoms with Crippen molar-refractivity contribution in [1.82, 2.24) is 4.90 Å². The summed E-state index contributed by atoms with van der Waals surface area (Å²) in [5, 5.41) is 9.34. The highest BCUT2D eigenvalue weighted by Gasteiger charge is 2.45. The van der Waals surface area contributed by atoms with E-state index >= 15 is 0 Å². The van der Waals surface area contributed by atoms with E-state index in [9.17, 15) is 9.90 Å². The Balaban J connectivity index is 1.33. The normalized spacial score (nSPS) is 22.3. The monoisotopic (exact) mass is 317 g/mol. The molecule has 1 aliphatic heterocycles. The molecule has 4 nitrogen and oxygen atoms in total. The molecule has 0 radical (unpaired) electrons. The maximum Gasteiger partial charge on any atom is 0.223 e. The molecule has 23 heavy (non-hydrogen) atoms. The van der Waals surface area contributed by atoms with Gasteiger partial charge in [-0.3, -0.25) is 4.79 Å². The first kappa shape index (κ1) is 16.5. The van der Waals surface area contributed by atoms with Crippen LogP contribution in [0.3, 0.4) is 0 Å². The highest BCUT2D eigenvalue weighted by atomic mass is 16.5. The highest BCUT2D eigenvalue weighted by molar-refractivity contribution is 5.77. The van der Waals surface area contributed by atoms with Crippen LogP contribution in [0.25, 0.3) is 0 Å². The number of benzene rings is 1. The third-order valence-electron chi connectivity index (χ3n) is 5.12. The zero-order valence-electron chi connectivity index (χ0n) is 13.7. The molecule has 4 heteroatoms. The number of aliphatic hydroxyl groups excluding tert-OH is 1. The molecule has 1 aliphatic carbocycles. The van der Waals surface area contributed by atoms with E-state index in [1.807, 2.05) is 11.0 Å². The molecule has 1 aromatic rings. The standard InChI is InChI=1S/C19H27NO3/c21-15-19(9-10-19)13-18(22)20-11-8-17(14-20)23-12-4-7-16-5-2-1-3-6-16/h1-3,5-6,17,21H,4,7-15H2/t17-/m1/s1. The lowest BCUT2D eigenvalue weighted by Gasteiger charge is -2.19. The number of aliphatic hydroxyl groups is 1. The molecule has 1 aromatic carbocycles. The number of amides is 1. The number of rotatable bonds is 8. The number of hydrogen-bond acceptors (Lipinski definition) is 3. The van der Waals surface area contributed by atoms with Gasteiger partial charge < -0.3 is 14.7 Å². The Kier molecular flexibility index (Phi) is 5.34. The smallest absolute Gasteiger partial charge is 0.223 e. The van der Waals surface area contributed by atoms with Crippen molar-refractivity contribution >= 4 is 5.91 Å². The fraction of sp³-hybridized carbons (Fsp3) is 0.632. The van der Waals surface area contributed by atoms with Crippen molar-refractivity contribution in [2.45, 2.75) is 44.6 Å². The van der Waals surface area contributed by atoms with Gasteiger partial charge in [-0.1, -0.05) is 30.3 Å². The van der Waals surface area contributed by atoms with Crippen molar-refractivity contribution in [3.8, 4) is 0 Å². The van der Waals surface area contributed by atoms with Crippen LogP contribution in [0, 0.1) is 5.41 Å². The summed E-state index contributed by atoms with van der Waals surface area (Å²) in [5.41, 5.74) is 1.25. The molecule has 126 valence electrons. The molecule has 1 heterocycles. The second-order valence-corrected chi connectivity index (χ2v) is 7.05. The lowest BCUT2D eigenvalue weighted by Crippen LogP contribution is -2.32. The topological polar surface area (TPSA) is 49.8 Å². The molecular weight excluding hydrogens is 290 g/mol. The minimum atomic E-state index is -0.0916. The molecular formula is C19H27NO3. The van der Waals surface area contributed by atoms with Gasteiger partial charge in [-0.15, -0.1) is 0 Å². The van der Waals surface area contributed by atoms with E-state index in [1.165, 1.54) is 5.56 Å². The van der Waals surface area contributed by atoms with Gasteiger partial charge in [0.25, 0.3) is 0 Å². The molecule has 2 fully saturated rings. The molecule has 1 N–H and O–H groups in total. The van der Waals surface area contributed by atoms with Gasteiger partial charge in [0, 0.05) is 38.1 Å². The number of carbonyl (C=O) groups excluding carboxylic acids is 1. The Morgan fingerprint density at radius 2 is 2.09 bits per heavy atom. The van der Waals surface area contributed by atoms with E-state index in [0.29, 0.717) is 13.0 Å². The Morgan fingerprint density at radius 1 is 1.30 bits per heavy atom. The van der Waals surface area contributed by atoms with Crippen molar-refractivity contribution in [3.63, 3.8) is 0 Å². The lowest BCUT2D eigenvalue weighted by molar-refractivity contribution is -0.132. The number of aryl methyl sites for hydroxylation is 1. The fourth-order valence-corrected chi connectivity index (χ4v) is 3.26. The molecule has 0 spiro atoms. The van der Waals surface area contributed by atoms with Crippen molar-refractivity contribution < 1.29 is 14.6 Å². The van der Waals surface area contributed by atoms with Crippen LogP contribution in [0.4, 0.5) is 0 Å². The summed E-state index contributed by atoms with van der Waals surface area (Å²) >= 11 is 0. The Morgan fingerprint density at radius 3 is 2.78 bits per heavy atom. The van der Waals surface area contributed by atoms with Crippen LogP contribution in [0.5, 0.6) is 0 Å². The summed E-state index contributed by atoms with van der Waals surface area (Å²) < 4.78 is 5.93. The van der Waals surface area contributed by atoms with Crippen molar-refractivity contribution in [3.05, 3.63) is 35.9 Å². The van der Waals surface area contributed by atoms with Crippen LogP contribution < -0.4 is 0 Å². The van der Waals surface area contributed by atoms with Crippen molar-refractivity contribution in [2.75, 3.05) is 26.3 Å². The van der Waals surface area contributed by atoms with Crippen LogP contribution in [-0.4, -0.2) is 48.3 Å². The quantitative estimate of drug-likeness (QED) is 0.749. The Labute approximate surface area is 138 Å². The zero-order valence-corrected chi connectivity index (χ0v) is 13.7. The molecule has 0 bridgehead atoms. The zero-order chi connectivity index (χ0) is 16.1. The molecule has 1 amide bonds. The SMILES string of the molecule is O=C(CC1(CO)CC1)N1CC[C@@H](OCCCc2ccccc2)C1. The second-order valence-electron chi connectivity index (χ2n) is 7.05. The molecule has 0 aromatic heterocycles. The second kappa shape index (κ2) is 7.45. The summed E-state index contributed by atoms with van der Waals surface area (Å²) in [4.78, 5) is 14.2. The maximum atomic E-state index is 12.3. The largest absolute Gasteiger partial charge is 0.396 e. The first-order valence-electron chi connectivity index (χ1n) is 8.75. The first-order chi connectivity index (χ1) is 11.2. The first-order valence-corrected chi connectivity index (χ1v) is 8.75. The van der Waals surface area contributed by atoms with Crippen LogP contribution >= 0.6 is 0 Å². The van der Waals surface area contributed by atoms with Gasteiger partial charge in [-0.25, -0.2) is 0 Å². The van der Waals surface area contributed by atoms with Crippen LogP contribution in [-0.2, 0) is 16.0 Å². The number of carbonyl (C=O) groups is 1. The van der Waals surface area contributed by atoms with Crippen LogP contribution in [0.15, 0.2) is 30.3 Å². The highest BCUT2D eigenvalue weighted by Crippen LogP contribution is 2.48. The number of hydrogen-bond donors (Lipinski definition) is 1. The predicted molar refractivity (Wildman–Crippen MR) is 89.1 cm³/mol. The summed E-state index contributed by atoms with van der Waals surface area (Å²) in [6, 6.07) is 10.5. The average molecular weight is 317 g/mol. The minimum Gasteiger partial charge on any atom is -0.396 e. The molecule has 3 rings (SSSR count). The number of likely N-dealkylation sites (tertiary alicyclic amines) is 1. The number of nitrogens with zero attached hydrogens (tertiary/aromatic N) is 1. The number of ether oxygens (including phenoxy) is 1. The average Bonchev–Trinajstić information content (AvgIpc) is 3.19. The summed E-state index contributed by atoms with van der Waals surface area (Å²) in [7, 11) is 0. The van der Waals surface area contributed by atoms with Crippen LogP contribution in [0.1, 0.15) is 37.7 Å². The molecule has 1 atom stereocenters. The van der Waals surface area contributed by atoms with Crippen molar-refractivity contribution in [2.24, 2.45) is 5.41 Å². The summed E-state index contributed by atoms with van der Waals surface area (Å²) in [5.74, 6) is 0.187. The van der Waals surface area contributed by atoms with Gasteiger partial charge >= 0.3 is 0 Å². The maximum absolute atomic E-state index is 12.3. The summed E-state index contributed by atoms with van der Waals surface area (Å²) in [6.45, 7) is 2.41. The third-order valence-corrected chi connectivity index (χ3v) is 5.12. The van der Waals surface area contributed by atoms with Gasteiger partial charge in [0.2, 0.25) is 5.91 Å². The Bertz CT molecular complexity index is 513. The van der Waals surface area contributed by atoms with Gasteiger partial charge in [-0.2, -0.15) is 0 Å². The minimum absolute atomic E-state index is 0.0916. The van der Waals surface area contributed by atoms with E-state index in [-0.39, 0.29) is 24.0 Å². The Hall–Kier alpha value is -1.39. The third kappa shape index (κ3) is 4.55. The van der Waals surface area contributed by atoms with E-state index in [1.54, 1.807) is 0 Å². The molecule has 2 aliphatic rings. The predicted octanol–water partition coefficient (Wildman–Crippen LogP) is 2.40. The van der Waals surface area contributed by atoms with Gasteiger partial charge in [0.1, 0.15) is 0 Å². The van der Waals surface area contributed by atoms with E-state index in [0.717, 1.165) is 45.3 Å². The van der Waals surface area contributed by atoms with E-state index < -0.39 is 0 Å². The van der Waals surface area contributed by atoms with Gasteiger partial charge in [0.15, 0.2) is 0 Å². The van der Waals surface area contributed by atoms with Crippen molar-refractivity contribution in [1.29, 1.82) is 0 Å².